The lowest BCUT2D eigenvalue weighted by Crippen LogP contribution is -2.00. The number of hydrogen-bond acceptors (Lipinski definition) is 5. The summed E-state index contributed by atoms with van der Waals surface area (Å²) in [7, 11) is 0. The van der Waals surface area contributed by atoms with E-state index in [-0.39, 0.29) is 6.61 Å². The van der Waals surface area contributed by atoms with E-state index in [1.54, 1.807) is 18.3 Å². The molecule has 0 saturated carbocycles. The Morgan fingerprint density at radius 2 is 2.05 bits per heavy atom. The summed E-state index contributed by atoms with van der Waals surface area (Å²) in [6.45, 7) is -0.0197. The Morgan fingerprint density at radius 1 is 1.18 bits per heavy atom. The molecule has 0 aliphatic carbocycles. The Balaban J connectivity index is 1.56. The van der Waals surface area contributed by atoms with Crippen molar-refractivity contribution in [3.63, 3.8) is 0 Å². The van der Waals surface area contributed by atoms with Gasteiger partial charge in [-0.1, -0.05) is 30.3 Å². The fraction of sp³-hybridized carbons (Fsp3) is 0.0588. The summed E-state index contributed by atoms with van der Waals surface area (Å²) >= 11 is 0. The standard InChI is InChI=1S/C17H13NO4/c19-17(9-8-14-7-4-10-20-14)21-12-16-18-11-15(22-16)13-5-2-1-3-6-13/h1-11H,12H2/b9-8+. The number of nitrogens with zero attached hydrogens (tertiary/aromatic N) is 1. The molecule has 5 nitrogen and oxygen atoms in total. The van der Waals surface area contributed by atoms with E-state index in [9.17, 15) is 4.79 Å². The Bertz CT molecular complexity index is 757. The van der Waals surface area contributed by atoms with Crippen LogP contribution in [0.3, 0.4) is 0 Å². The molecule has 22 heavy (non-hydrogen) atoms. The van der Waals surface area contributed by atoms with Gasteiger partial charge in [-0.2, -0.15) is 0 Å². The quantitative estimate of drug-likeness (QED) is 0.530. The van der Waals surface area contributed by atoms with E-state index in [0.717, 1.165) is 5.56 Å². The molecule has 2 aromatic heterocycles. The van der Waals surface area contributed by atoms with Crippen LogP contribution in [-0.2, 0) is 16.1 Å². The van der Waals surface area contributed by atoms with Gasteiger partial charge in [0.25, 0.3) is 0 Å². The highest BCUT2D eigenvalue weighted by atomic mass is 16.5. The molecule has 0 saturated heterocycles. The van der Waals surface area contributed by atoms with Gasteiger partial charge in [0, 0.05) is 11.6 Å². The van der Waals surface area contributed by atoms with Crippen LogP contribution in [0.1, 0.15) is 11.7 Å². The maximum absolute atomic E-state index is 11.6. The van der Waals surface area contributed by atoms with Crippen LogP contribution in [0.4, 0.5) is 0 Å². The number of oxazole rings is 1. The van der Waals surface area contributed by atoms with Crippen LogP contribution < -0.4 is 0 Å². The van der Waals surface area contributed by atoms with Gasteiger partial charge >= 0.3 is 5.97 Å². The third kappa shape index (κ3) is 3.52. The number of carbonyl (C=O) groups excluding carboxylic acids is 1. The molecule has 0 N–H and O–H groups in total. The topological polar surface area (TPSA) is 65.5 Å². The van der Waals surface area contributed by atoms with Crippen molar-refractivity contribution < 1.29 is 18.4 Å². The summed E-state index contributed by atoms with van der Waals surface area (Å²) in [5.41, 5.74) is 0.922. The highest BCUT2D eigenvalue weighted by Gasteiger charge is 2.07. The molecule has 5 heteroatoms. The van der Waals surface area contributed by atoms with Crippen molar-refractivity contribution in [3.8, 4) is 11.3 Å². The molecule has 110 valence electrons. The number of furan rings is 1. The SMILES string of the molecule is O=C(/C=C/c1ccco1)OCc1ncc(-c2ccccc2)o1. The van der Waals surface area contributed by atoms with Gasteiger partial charge in [0.2, 0.25) is 5.89 Å². The zero-order chi connectivity index (χ0) is 15.2. The fourth-order valence-corrected chi connectivity index (χ4v) is 1.83. The van der Waals surface area contributed by atoms with Gasteiger partial charge in [-0.15, -0.1) is 0 Å². The molecular formula is C17H13NO4. The molecule has 0 unspecified atom stereocenters. The van der Waals surface area contributed by atoms with Crippen molar-refractivity contribution in [1.29, 1.82) is 0 Å². The predicted molar refractivity (Wildman–Crippen MR) is 79.5 cm³/mol. The maximum Gasteiger partial charge on any atom is 0.331 e. The Morgan fingerprint density at radius 3 is 2.82 bits per heavy atom. The third-order valence-electron chi connectivity index (χ3n) is 2.88. The molecule has 0 amide bonds. The van der Waals surface area contributed by atoms with Gasteiger partial charge in [-0.25, -0.2) is 9.78 Å². The minimum atomic E-state index is -0.490. The average Bonchev–Trinajstić information content (AvgIpc) is 3.23. The molecule has 0 spiro atoms. The third-order valence-corrected chi connectivity index (χ3v) is 2.88. The van der Waals surface area contributed by atoms with Gasteiger partial charge in [0.15, 0.2) is 12.4 Å². The fourth-order valence-electron chi connectivity index (χ4n) is 1.83. The molecule has 3 rings (SSSR count). The van der Waals surface area contributed by atoms with E-state index in [1.165, 1.54) is 18.4 Å². The van der Waals surface area contributed by atoms with Gasteiger partial charge in [-0.05, 0) is 18.2 Å². The molecule has 1 aromatic carbocycles. The van der Waals surface area contributed by atoms with Gasteiger partial charge in [-0.3, -0.25) is 0 Å². The summed E-state index contributed by atoms with van der Waals surface area (Å²) in [6.07, 6.45) is 5.97. The molecule has 0 fully saturated rings. The second kappa shape index (κ2) is 6.58. The summed E-state index contributed by atoms with van der Waals surface area (Å²) in [5, 5.41) is 0. The number of aromatic nitrogens is 1. The Labute approximate surface area is 126 Å². The molecule has 0 atom stereocenters. The Hall–Kier alpha value is -3.08. The van der Waals surface area contributed by atoms with Crippen LogP contribution in [0.2, 0.25) is 0 Å². The lowest BCUT2D eigenvalue weighted by Gasteiger charge is -1.98. The molecule has 0 aliphatic rings. The van der Waals surface area contributed by atoms with Crippen LogP contribution in [0.25, 0.3) is 17.4 Å². The monoisotopic (exact) mass is 295 g/mol. The number of ether oxygens (including phenoxy) is 1. The van der Waals surface area contributed by atoms with Crippen LogP contribution in [0, 0.1) is 0 Å². The summed E-state index contributed by atoms with van der Waals surface area (Å²) in [6, 6.07) is 13.1. The predicted octanol–water partition coefficient (Wildman–Crippen LogP) is 3.69. The maximum atomic E-state index is 11.6. The zero-order valence-electron chi connectivity index (χ0n) is 11.6. The van der Waals surface area contributed by atoms with E-state index in [4.69, 9.17) is 13.6 Å². The number of hydrogen-bond donors (Lipinski definition) is 0. The van der Waals surface area contributed by atoms with Crippen molar-refractivity contribution in [2.45, 2.75) is 6.61 Å². The minimum absolute atomic E-state index is 0.0197. The Kier molecular flexibility index (Phi) is 4.15. The van der Waals surface area contributed by atoms with Crippen molar-refractivity contribution in [3.05, 3.63) is 72.7 Å². The number of carbonyl (C=O) groups is 1. The first kappa shape index (κ1) is 13.9. The summed E-state index contributed by atoms with van der Waals surface area (Å²) in [5.74, 6) is 1.08. The molecule has 0 bridgehead atoms. The van der Waals surface area contributed by atoms with E-state index in [2.05, 4.69) is 4.98 Å². The number of esters is 1. The lowest BCUT2D eigenvalue weighted by molar-refractivity contribution is -0.139. The molecule has 2 heterocycles. The van der Waals surface area contributed by atoms with Crippen molar-refractivity contribution in [2.75, 3.05) is 0 Å². The molecule has 0 aliphatic heterocycles. The normalized spacial score (nSPS) is 10.9. The van der Waals surface area contributed by atoms with E-state index < -0.39 is 5.97 Å². The first-order chi connectivity index (χ1) is 10.8. The molecular weight excluding hydrogens is 282 g/mol. The van der Waals surface area contributed by atoms with Crippen LogP contribution in [-0.4, -0.2) is 11.0 Å². The van der Waals surface area contributed by atoms with Gasteiger partial charge in [0.05, 0.1) is 12.5 Å². The first-order valence-corrected chi connectivity index (χ1v) is 6.70. The molecule has 0 radical (unpaired) electrons. The second-order valence-corrected chi connectivity index (χ2v) is 4.44. The largest absolute Gasteiger partial charge is 0.465 e. The first-order valence-electron chi connectivity index (χ1n) is 6.70. The number of rotatable bonds is 5. The van der Waals surface area contributed by atoms with Crippen molar-refractivity contribution >= 4 is 12.0 Å². The zero-order valence-corrected chi connectivity index (χ0v) is 11.6. The average molecular weight is 295 g/mol. The van der Waals surface area contributed by atoms with Crippen LogP contribution in [0.15, 0.2) is 69.8 Å². The highest BCUT2D eigenvalue weighted by molar-refractivity contribution is 5.86. The lowest BCUT2D eigenvalue weighted by atomic mass is 10.2. The molecule has 3 aromatic rings. The summed E-state index contributed by atoms with van der Waals surface area (Å²) in [4.78, 5) is 15.7. The minimum Gasteiger partial charge on any atom is -0.465 e. The smallest absolute Gasteiger partial charge is 0.331 e. The van der Waals surface area contributed by atoms with Crippen LogP contribution in [0.5, 0.6) is 0 Å². The van der Waals surface area contributed by atoms with E-state index >= 15 is 0 Å². The highest BCUT2D eigenvalue weighted by Crippen LogP contribution is 2.19. The van der Waals surface area contributed by atoms with E-state index in [1.807, 2.05) is 30.3 Å². The van der Waals surface area contributed by atoms with Crippen molar-refractivity contribution in [1.82, 2.24) is 4.98 Å². The van der Waals surface area contributed by atoms with Gasteiger partial charge in [0.1, 0.15) is 5.76 Å². The van der Waals surface area contributed by atoms with E-state index in [0.29, 0.717) is 17.4 Å². The summed E-state index contributed by atoms with van der Waals surface area (Å²) < 4.78 is 15.7. The van der Waals surface area contributed by atoms with Crippen molar-refractivity contribution in [2.24, 2.45) is 0 Å². The second-order valence-electron chi connectivity index (χ2n) is 4.44. The number of benzene rings is 1. The van der Waals surface area contributed by atoms with Crippen LogP contribution >= 0.6 is 0 Å². The van der Waals surface area contributed by atoms with Gasteiger partial charge < -0.3 is 13.6 Å².